The van der Waals surface area contributed by atoms with Crippen LogP contribution < -0.4 is 15.8 Å². The lowest BCUT2D eigenvalue weighted by atomic mass is 10.2. The monoisotopic (exact) mass is 285 g/mol. The Balaban J connectivity index is 2.64. The number of hydrogen-bond donors (Lipinski definition) is 3. The molecule has 1 rings (SSSR count). The molecule has 0 aliphatic carbocycles. The number of sulfonamides is 1. The molecule has 0 spiro atoms. The van der Waals surface area contributed by atoms with Gasteiger partial charge in [0.2, 0.25) is 15.9 Å². The summed E-state index contributed by atoms with van der Waals surface area (Å²) in [4.78, 5) is 11.0. The maximum atomic E-state index is 11.9. The van der Waals surface area contributed by atoms with Crippen LogP contribution in [0.1, 0.15) is 24.2 Å². The summed E-state index contributed by atoms with van der Waals surface area (Å²) in [6.45, 7) is 4.82. The predicted octanol–water partition coefficient (Wildman–Crippen LogP) is 0.0618. The molecule has 0 fully saturated rings. The number of amides is 1. The highest BCUT2D eigenvalue weighted by molar-refractivity contribution is 7.89. The number of carbonyl (C=O) groups is 1. The minimum absolute atomic E-state index is 0.113. The molecular formula is C12H19N3O3S. The van der Waals surface area contributed by atoms with Gasteiger partial charge in [-0.1, -0.05) is 13.8 Å². The van der Waals surface area contributed by atoms with Gasteiger partial charge in [0.15, 0.2) is 0 Å². The molecule has 1 aromatic rings. The zero-order valence-corrected chi connectivity index (χ0v) is 11.8. The van der Waals surface area contributed by atoms with Crippen LogP contribution in [0.4, 0.5) is 0 Å². The molecule has 0 saturated carbocycles. The Bertz CT molecular complexity index is 524. The van der Waals surface area contributed by atoms with Crippen LogP contribution in [0, 0.1) is 0 Å². The number of benzene rings is 1. The predicted molar refractivity (Wildman–Crippen MR) is 73.3 cm³/mol. The van der Waals surface area contributed by atoms with Crippen molar-refractivity contribution in [3.8, 4) is 0 Å². The van der Waals surface area contributed by atoms with Crippen molar-refractivity contribution in [2.75, 3.05) is 13.1 Å². The van der Waals surface area contributed by atoms with Crippen molar-refractivity contribution in [3.63, 3.8) is 0 Å². The zero-order valence-electron chi connectivity index (χ0n) is 11.0. The lowest BCUT2D eigenvalue weighted by Crippen LogP contribution is -2.34. The average Bonchev–Trinajstić information content (AvgIpc) is 2.34. The van der Waals surface area contributed by atoms with Crippen molar-refractivity contribution in [1.82, 2.24) is 10.0 Å². The van der Waals surface area contributed by atoms with Gasteiger partial charge in [-0.15, -0.1) is 0 Å². The highest BCUT2D eigenvalue weighted by Crippen LogP contribution is 2.09. The van der Waals surface area contributed by atoms with Gasteiger partial charge in [-0.3, -0.25) is 4.79 Å². The highest BCUT2D eigenvalue weighted by Gasteiger charge is 2.13. The van der Waals surface area contributed by atoms with E-state index in [-0.39, 0.29) is 10.5 Å². The zero-order chi connectivity index (χ0) is 14.5. The molecule has 0 radical (unpaired) electrons. The third-order valence-corrected chi connectivity index (χ3v) is 3.90. The Hall–Kier alpha value is -1.44. The molecule has 0 aliphatic rings. The molecule has 0 aromatic heterocycles. The molecule has 0 atom stereocenters. The van der Waals surface area contributed by atoms with Gasteiger partial charge in [-0.05, 0) is 24.3 Å². The van der Waals surface area contributed by atoms with E-state index in [0.717, 1.165) is 0 Å². The van der Waals surface area contributed by atoms with E-state index in [4.69, 9.17) is 5.73 Å². The van der Waals surface area contributed by atoms with Gasteiger partial charge in [-0.2, -0.15) is 0 Å². The summed E-state index contributed by atoms with van der Waals surface area (Å²) >= 11 is 0. The Morgan fingerprint density at radius 3 is 2.26 bits per heavy atom. The molecule has 6 nitrogen and oxygen atoms in total. The van der Waals surface area contributed by atoms with Crippen LogP contribution in [-0.4, -0.2) is 33.5 Å². The van der Waals surface area contributed by atoms with Gasteiger partial charge in [0.25, 0.3) is 0 Å². The Morgan fingerprint density at radius 1 is 1.21 bits per heavy atom. The standard InChI is InChI=1S/C12H19N3O3S/c1-9(2)14-7-8-15-19(17,18)11-5-3-10(4-6-11)12(13)16/h3-6,9,14-15H,7-8H2,1-2H3,(H2,13,16). The molecule has 19 heavy (non-hydrogen) atoms. The van der Waals surface area contributed by atoms with Gasteiger partial charge in [0.05, 0.1) is 4.90 Å². The molecule has 0 unspecified atom stereocenters. The molecule has 0 saturated heterocycles. The fourth-order valence-corrected chi connectivity index (χ4v) is 2.46. The SMILES string of the molecule is CC(C)NCCNS(=O)(=O)c1ccc(C(N)=O)cc1. The molecule has 0 heterocycles. The van der Waals surface area contributed by atoms with Crippen molar-refractivity contribution in [1.29, 1.82) is 0 Å². The fourth-order valence-electron chi connectivity index (χ4n) is 1.43. The summed E-state index contributed by atoms with van der Waals surface area (Å²) < 4.78 is 26.3. The van der Waals surface area contributed by atoms with E-state index in [1.807, 2.05) is 13.8 Å². The van der Waals surface area contributed by atoms with Crippen LogP contribution in [0.2, 0.25) is 0 Å². The van der Waals surface area contributed by atoms with Gasteiger partial charge in [0.1, 0.15) is 0 Å². The van der Waals surface area contributed by atoms with Gasteiger partial charge in [-0.25, -0.2) is 13.1 Å². The summed E-state index contributed by atoms with van der Waals surface area (Å²) in [6, 6.07) is 5.81. The van der Waals surface area contributed by atoms with E-state index in [9.17, 15) is 13.2 Å². The lowest BCUT2D eigenvalue weighted by molar-refractivity contribution is 0.1000. The molecule has 1 aromatic carbocycles. The van der Waals surface area contributed by atoms with E-state index in [2.05, 4.69) is 10.0 Å². The van der Waals surface area contributed by atoms with Crippen molar-refractivity contribution < 1.29 is 13.2 Å². The summed E-state index contributed by atoms with van der Waals surface area (Å²) in [5, 5.41) is 3.11. The normalized spacial score (nSPS) is 11.7. The van der Waals surface area contributed by atoms with Gasteiger partial charge >= 0.3 is 0 Å². The smallest absolute Gasteiger partial charge is 0.248 e. The second kappa shape index (κ2) is 6.65. The van der Waals surface area contributed by atoms with Crippen LogP contribution >= 0.6 is 0 Å². The average molecular weight is 285 g/mol. The van der Waals surface area contributed by atoms with Gasteiger partial charge < -0.3 is 11.1 Å². The highest BCUT2D eigenvalue weighted by atomic mass is 32.2. The number of nitrogens with one attached hydrogen (secondary N) is 2. The van der Waals surface area contributed by atoms with Crippen molar-refractivity contribution in [3.05, 3.63) is 29.8 Å². The maximum absolute atomic E-state index is 11.9. The molecule has 106 valence electrons. The minimum atomic E-state index is -3.54. The molecule has 1 amide bonds. The maximum Gasteiger partial charge on any atom is 0.248 e. The second-order valence-electron chi connectivity index (χ2n) is 4.40. The van der Waals surface area contributed by atoms with Crippen LogP contribution in [0.25, 0.3) is 0 Å². The first kappa shape index (κ1) is 15.6. The lowest BCUT2D eigenvalue weighted by Gasteiger charge is -2.10. The quantitative estimate of drug-likeness (QED) is 0.617. The largest absolute Gasteiger partial charge is 0.366 e. The van der Waals surface area contributed by atoms with Crippen LogP contribution in [0.3, 0.4) is 0 Å². The second-order valence-corrected chi connectivity index (χ2v) is 6.16. The first-order valence-electron chi connectivity index (χ1n) is 5.96. The third kappa shape index (κ3) is 4.98. The number of carbonyl (C=O) groups excluding carboxylic acids is 1. The summed E-state index contributed by atoms with van der Waals surface area (Å²) in [5.74, 6) is -0.585. The number of nitrogens with two attached hydrogens (primary N) is 1. The summed E-state index contributed by atoms with van der Waals surface area (Å²) in [5.41, 5.74) is 5.37. The Kier molecular flexibility index (Phi) is 5.46. The van der Waals surface area contributed by atoms with Crippen molar-refractivity contribution in [2.45, 2.75) is 24.8 Å². The summed E-state index contributed by atoms with van der Waals surface area (Å²) in [6.07, 6.45) is 0. The van der Waals surface area contributed by atoms with Gasteiger partial charge in [0, 0.05) is 24.7 Å². The molecule has 4 N–H and O–H groups in total. The Morgan fingerprint density at radius 2 is 1.79 bits per heavy atom. The topological polar surface area (TPSA) is 101 Å². The van der Waals surface area contributed by atoms with E-state index >= 15 is 0 Å². The minimum Gasteiger partial charge on any atom is -0.366 e. The van der Waals surface area contributed by atoms with E-state index < -0.39 is 15.9 Å². The van der Waals surface area contributed by atoms with E-state index in [0.29, 0.717) is 19.1 Å². The van der Waals surface area contributed by atoms with E-state index in [1.165, 1.54) is 24.3 Å². The summed E-state index contributed by atoms with van der Waals surface area (Å²) in [7, 11) is -3.54. The van der Waals surface area contributed by atoms with Crippen LogP contribution in [-0.2, 0) is 10.0 Å². The van der Waals surface area contributed by atoms with Crippen molar-refractivity contribution >= 4 is 15.9 Å². The molecule has 7 heteroatoms. The van der Waals surface area contributed by atoms with Crippen LogP contribution in [0.5, 0.6) is 0 Å². The van der Waals surface area contributed by atoms with Crippen molar-refractivity contribution in [2.24, 2.45) is 5.73 Å². The Labute approximate surface area is 113 Å². The first-order valence-corrected chi connectivity index (χ1v) is 7.44. The van der Waals surface area contributed by atoms with E-state index in [1.54, 1.807) is 0 Å². The number of rotatable bonds is 7. The molecule has 0 aliphatic heterocycles. The van der Waals surface area contributed by atoms with Crippen LogP contribution in [0.15, 0.2) is 29.2 Å². The first-order chi connectivity index (χ1) is 8.83. The fraction of sp³-hybridized carbons (Fsp3) is 0.417. The number of primary amides is 1. The third-order valence-electron chi connectivity index (χ3n) is 2.42. The molecule has 0 bridgehead atoms. The number of hydrogen-bond acceptors (Lipinski definition) is 4. The molecular weight excluding hydrogens is 266 g/mol.